The van der Waals surface area contributed by atoms with Crippen molar-refractivity contribution in [2.75, 3.05) is 49.6 Å². The van der Waals surface area contributed by atoms with Gasteiger partial charge in [0.25, 0.3) is 6.43 Å². The van der Waals surface area contributed by atoms with Gasteiger partial charge in [-0.1, -0.05) is 18.2 Å². The molecule has 0 radical (unpaired) electrons. The maximum atomic E-state index is 14.8. The first-order valence-electron chi connectivity index (χ1n) is 12.5. The molecular formula is C26H31F3N6O2. The number of pyridine rings is 1. The molecule has 0 bridgehead atoms. The van der Waals surface area contributed by atoms with Crippen molar-refractivity contribution in [3.05, 3.63) is 47.5 Å². The summed E-state index contributed by atoms with van der Waals surface area (Å²) in [5.74, 6) is 0.00993. The van der Waals surface area contributed by atoms with Gasteiger partial charge in [-0.15, -0.1) is 0 Å². The number of halogens is 3. The van der Waals surface area contributed by atoms with Gasteiger partial charge in [-0.05, 0) is 26.8 Å². The fourth-order valence-corrected chi connectivity index (χ4v) is 4.66. The zero-order valence-corrected chi connectivity index (χ0v) is 21.1. The number of nitrogens with zero attached hydrogens (tertiary/aromatic N) is 5. The van der Waals surface area contributed by atoms with E-state index in [9.17, 15) is 13.2 Å². The molecule has 11 heteroatoms. The van der Waals surface area contributed by atoms with E-state index in [1.54, 1.807) is 6.92 Å². The van der Waals surface area contributed by atoms with Gasteiger partial charge in [-0.25, -0.2) is 23.1 Å². The first-order chi connectivity index (χ1) is 17.8. The van der Waals surface area contributed by atoms with Crippen molar-refractivity contribution < 1.29 is 22.6 Å². The summed E-state index contributed by atoms with van der Waals surface area (Å²) in [5.41, 5.74) is 0.767. The van der Waals surface area contributed by atoms with E-state index >= 15 is 0 Å². The second-order valence-corrected chi connectivity index (χ2v) is 9.72. The van der Waals surface area contributed by atoms with Crippen LogP contribution in [0.25, 0.3) is 11.0 Å². The van der Waals surface area contributed by atoms with Crippen molar-refractivity contribution in [2.45, 2.75) is 45.4 Å². The SMILES string of the molecule is CC(C)N1CCN(c2cc3c(N[C@H](C)c4cccc(C(F)F)c4F)ncnc3nc2OC2COC2)CC1. The molecule has 2 fully saturated rings. The van der Waals surface area contributed by atoms with Crippen LogP contribution in [0.2, 0.25) is 0 Å². The molecule has 37 heavy (non-hydrogen) atoms. The minimum Gasteiger partial charge on any atom is -0.468 e. The molecule has 3 aromatic rings. The predicted octanol–water partition coefficient (Wildman–Crippen LogP) is 4.58. The van der Waals surface area contributed by atoms with E-state index in [0.29, 0.717) is 42.0 Å². The lowest BCUT2D eigenvalue weighted by Crippen LogP contribution is -2.49. The maximum absolute atomic E-state index is 14.8. The van der Waals surface area contributed by atoms with E-state index < -0.39 is 23.8 Å². The number of piperazine rings is 1. The topological polar surface area (TPSA) is 75.6 Å². The molecule has 1 atom stereocenters. The number of nitrogens with one attached hydrogen (secondary N) is 1. The first kappa shape index (κ1) is 25.5. The summed E-state index contributed by atoms with van der Waals surface area (Å²) in [6, 6.07) is 5.81. The molecule has 5 rings (SSSR count). The van der Waals surface area contributed by atoms with E-state index in [-0.39, 0.29) is 11.7 Å². The standard InChI is InChI=1S/C26H31F3N6O2/c1-15(2)34-7-9-35(10-8-34)21-11-20-24(30-14-31-25(20)33-26(21)37-17-12-36-13-17)32-16(3)18-5-4-6-19(22(18)27)23(28)29/h4-6,11,14-17,23H,7-10,12-13H2,1-3H3,(H,30,31,32,33)/t16-/m1/s1. The number of anilines is 2. The van der Waals surface area contributed by atoms with E-state index in [2.05, 4.69) is 38.9 Å². The number of alkyl halides is 2. The Morgan fingerprint density at radius 3 is 2.43 bits per heavy atom. The highest BCUT2D eigenvalue weighted by Crippen LogP contribution is 2.35. The number of rotatable bonds is 8. The van der Waals surface area contributed by atoms with Gasteiger partial charge >= 0.3 is 0 Å². The van der Waals surface area contributed by atoms with Gasteiger partial charge in [0.1, 0.15) is 29.8 Å². The van der Waals surface area contributed by atoms with Gasteiger partial charge in [0.2, 0.25) is 5.88 Å². The van der Waals surface area contributed by atoms with Gasteiger partial charge in [0.05, 0.1) is 30.2 Å². The summed E-state index contributed by atoms with van der Waals surface area (Å²) in [4.78, 5) is 18.1. The van der Waals surface area contributed by atoms with E-state index in [1.165, 1.54) is 18.5 Å². The Hall–Kier alpha value is -3.18. The Morgan fingerprint density at radius 2 is 1.78 bits per heavy atom. The molecule has 0 spiro atoms. The summed E-state index contributed by atoms with van der Waals surface area (Å²) < 4.78 is 52.7. The van der Waals surface area contributed by atoms with Crippen LogP contribution < -0.4 is 15.0 Å². The minimum atomic E-state index is -2.89. The smallest absolute Gasteiger partial charge is 0.266 e. The van der Waals surface area contributed by atoms with Crippen molar-refractivity contribution in [1.29, 1.82) is 0 Å². The van der Waals surface area contributed by atoms with Gasteiger partial charge < -0.3 is 19.7 Å². The molecule has 0 unspecified atom stereocenters. The largest absolute Gasteiger partial charge is 0.468 e. The Kier molecular flexibility index (Phi) is 7.34. The molecule has 2 aromatic heterocycles. The van der Waals surface area contributed by atoms with Crippen LogP contribution in [0.1, 0.15) is 44.4 Å². The molecule has 2 aliphatic rings. The molecule has 1 N–H and O–H groups in total. The second-order valence-electron chi connectivity index (χ2n) is 9.72. The van der Waals surface area contributed by atoms with Crippen LogP contribution in [0.15, 0.2) is 30.6 Å². The molecule has 4 heterocycles. The van der Waals surface area contributed by atoms with Gasteiger partial charge in [0, 0.05) is 37.8 Å². The molecule has 1 aromatic carbocycles. The van der Waals surface area contributed by atoms with E-state index in [4.69, 9.17) is 14.5 Å². The Morgan fingerprint density at radius 1 is 1.05 bits per heavy atom. The number of hydrogen-bond acceptors (Lipinski definition) is 8. The maximum Gasteiger partial charge on any atom is 0.266 e. The zero-order chi connectivity index (χ0) is 26.1. The van der Waals surface area contributed by atoms with Crippen molar-refractivity contribution in [1.82, 2.24) is 19.9 Å². The molecule has 0 amide bonds. The number of fused-ring (bicyclic) bond motifs is 1. The predicted molar refractivity (Wildman–Crippen MR) is 135 cm³/mol. The van der Waals surface area contributed by atoms with Crippen LogP contribution in [0, 0.1) is 5.82 Å². The summed E-state index contributed by atoms with van der Waals surface area (Å²) in [5, 5.41) is 3.82. The van der Waals surface area contributed by atoms with Gasteiger partial charge in [-0.3, -0.25) is 4.90 Å². The Bertz CT molecular complexity index is 1250. The normalized spacial score (nSPS) is 17.9. The molecule has 0 aliphatic carbocycles. The molecule has 2 aliphatic heterocycles. The average molecular weight is 517 g/mol. The van der Waals surface area contributed by atoms with Crippen LogP contribution in [0.4, 0.5) is 24.7 Å². The lowest BCUT2D eigenvalue weighted by molar-refractivity contribution is -0.0810. The van der Waals surface area contributed by atoms with Crippen molar-refractivity contribution >= 4 is 22.5 Å². The van der Waals surface area contributed by atoms with Crippen LogP contribution >= 0.6 is 0 Å². The highest BCUT2D eigenvalue weighted by atomic mass is 19.3. The summed E-state index contributed by atoms with van der Waals surface area (Å²) >= 11 is 0. The lowest BCUT2D eigenvalue weighted by Gasteiger charge is -2.39. The van der Waals surface area contributed by atoms with Crippen LogP contribution in [-0.4, -0.2) is 71.4 Å². The summed E-state index contributed by atoms with van der Waals surface area (Å²) in [6.07, 6.45) is -1.59. The minimum absolute atomic E-state index is 0.0646. The Balaban J connectivity index is 1.48. The Labute approximate surface area is 213 Å². The third-order valence-electron chi connectivity index (χ3n) is 6.95. The van der Waals surface area contributed by atoms with Crippen LogP contribution in [0.3, 0.4) is 0 Å². The first-order valence-corrected chi connectivity index (χ1v) is 12.5. The number of aromatic nitrogens is 3. The number of hydrogen-bond donors (Lipinski definition) is 1. The average Bonchev–Trinajstić information content (AvgIpc) is 2.86. The van der Waals surface area contributed by atoms with Crippen molar-refractivity contribution in [2.24, 2.45) is 0 Å². The van der Waals surface area contributed by atoms with Crippen LogP contribution in [-0.2, 0) is 4.74 Å². The second kappa shape index (κ2) is 10.7. The highest BCUT2D eigenvalue weighted by molar-refractivity contribution is 5.90. The highest BCUT2D eigenvalue weighted by Gasteiger charge is 2.28. The molecule has 198 valence electrons. The van der Waals surface area contributed by atoms with Crippen molar-refractivity contribution in [3.8, 4) is 5.88 Å². The molecule has 2 saturated heterocycles. The van der Waals surface area contributed by atoms with E-state index in [0.717, 1.165) is 37.9 Å². The quantitative estimate of drug-likeness (QED) is 0.466. The van der Waals surface area contributed by atoms with Crippen molar-refractivity contribution in [3.63, 3.8) is 0 Å². The lowest BCUT2D eigenvalue weighted by atomic mass is 10.0. The fraction of sp³-hybridized carbons (Fsp3) is 0.500. The van der Waals surface area contributed by atoms with Gasteiger partial charge in [-0.2, -0.15) is 4.98 Å². The molecule has 0 saturated carbocycles. The zero-order valence-electron chi connectivity index (χ0n) is 21.1. The summed E-state index contributed by atoms with van der Waals surface area (Å²) in [6.45, 7) is 10.5. The third kappa shape index (κ3) is 5.28. The van der Waals surface area contributed by atoms with E-state index in [1.807, 2.05) is 6.07 Å². The number of benzene rings is 1. The molecular weight excluding hydrogens is 485 g/mol. The summed E-state index contributed by atoms with van der Waals surface area (Å²) in [7, 11) is 0. The monoisotopic (exact) mass is 516 g/mol. The fourth-order valence-electron chi connectivity index (χ4n) is 4.66. The van der Waals surface area contributed by atoms with Gasteiger partial charge in [0.15, 0.2) is 5.65 Å². The molecule has 8 nitrogen and oxygen atoms in total. The number of ether oxygens (including phenoxy) is 2. The van der Waals surface area contributed by atoms with Crippen LogP contribution in [0.5, 0.6) is 5.88 Å². The third-order valence-corrected chi connectivity index (χ3v) is 6.95.